The number of alkyl halides is 1. The molecule has 2 heterocycles. The zero-order chi connectivity index (χ0) is 19.6. The second-order valence-corrected chi connectivity index (χ2v) is 7.16. The number of likely N-dealkylation sites (tertiary alicyclic amines) is 1. The van der Waals surface area contributed by atoms with Crippen molar-refractivity contribution >= 4 is 17.5 Å². The van der Waals surface area contributed by atoms with Crippen LogP contribution >= 0.6 is 11.6 Å². The number of carbonyl (C=O) groups is 1. The summed E-state index contributed by atoms with van der Waals surface area (Å²) < 4.78 is 18.7. The summed E-state index contributed by atoms with van der Waals surface area (Å²) in [6, 6.07) is 4.43. The lowest BCUT2D eigenvalue weighted by Gasteiger charge is -2.24. The molecule has 0 radical (unpaired) electrons. The zero-order valence-corrected chi connectivity index (χ0v) is 15.7. The van der Waals surface area contributed by atoms with Crippen LogP contribution in [0.25, 0.3) is 11.4 Å². The number of aromatic nitrogens is 2. The van der Waals surface area contributed by atoms with Gasteiger partial charge in [-0.15, -0.1) is 0 Å². The minimum Gasteiger partial charge on any atom is -0.396 e. The van der Waals surface area contributed by atoms with Crippen LogP contribution in [0.5, 0.6) is 0 Å². The molecule has 3 atom stereocenters. The molecule has 146 valence electrons. The molecule has 1 aliphatic heterocycles. The Labute approximate surface area is 161 Å². The maximum absolute atomic E-state index is 13.4. The molecule has 1 aliphatic rings. The highest BCUT2D eigenvalue weighted by Crippen LogP contribution is 2.30. The molecular weight excluding hydrogens is 375 g/mol. The van der Waals surface area contributed by atoms with Crippen LogP contribution in [0.1, 0.15) is 30.2 Å². The van der Waals surface area contributed by atoms with Crippen LogP contribution < -0.4 is 5.73 Å². The lowest BCUT2D eigenvalue weighted by atomic mass is 9.95. The smallest absolute Gasteiger partial charge is 0.240 e. The van der Waals surface area contributed by atoms with Gasteiger partial charge in [-0.3, -0.25) is 4.79 Å². The van der Waals surface area contributed by atoms with Crippen LogP contribution in [0.2, 0.25) is 5.02 Å². The number of amides is 1. The molecule has 7 nitrogen and oxygen atoms in total. The first-order chi connectivity index (χ1) is 12.9. The molecule has 0 spiro atoms. The zero-order valence-electron chi connectivity index (χ0n) is 14.9. The predicted octanol–water partition coefficient (Wildman–Crippen LogP) is 2.06. The van der Waals surface area contributed by atoms with Crippen molar-refractivity contribution in [3.63, 3.8) is 0 Å². The van der Waals surface area contributed by atoms with Crippen molar-refractivity contribution in [3.8, 4) is 11.4 Å². The van der Waals surface area contributed by atoms with Crippen LogP contribution in [0, 0.1) is 6.92 Å². The number of benzene rings is 1. The van der Waals surface area contributed by atoms with E-state index in [-0.39, 0.29) is 37.2 Å². The molecule has 9 heteroatoms. The van der Waals surface area contributed by atoms with E-state index in [1.165, 1.54) is 4.90 Å². The molecule has 3 N–H and O–H groups in total. The highest BCUT2D eigenvalue weighted by molar-refractivity contribution is 6.33. The topological polar surface area (TPSA) is 105 Å². The molecule has 1 aromatic heterocycles. The highest BCUT2D eigenvalue weighted by atomic mass is 35.5. The number of hydrogen-bond donors (Lipinski definition) is 2. The largest absolute Gasteiger partial charge is 0.396 e. The first-order valence-corrected chi connectivity index (χ1v) is 9.18. The molecule has 0 aliphatic carbocycles. The Hall–Kier alpha value is -2.03. The number of nitrogens with zero attached hydrogens (tertiary/aromatic N) is 3. The van der Waals surface area contributed by atoms with Crippen LogP contribution in [0.3, 0.4) is 0 Å². The lowest BCUT2D eigenvalue weighted by Crippen LogP contribution is -2.46. The van der Waals surface area contributed by atoms with E-state index in [1.807, 2.05) is 13.0 Å². The van der Waals surface area contributed by atoms with Gasteiger partial charge in [0.05, 0.1) is 23.5 Å². The van der Waals surface area contributed by atoms with Crippen molar-refractivity contribution in [2.75, 3.05) is 19.7 Å². The first kappa shape index (κ1) is 19.7. The van der Waals surface area contributed by atoms with Gasteiger partial charge < -0.3 is 20.3 Å². The molecule has 1 saturated heterocycles. The summed E-state index contributed by atoms with van der Waals surface area (Å²) in [5.74, 6) is -0.636. The fraction of sp³-hybridized carbons (Fsp3) is 0.500. The van der Waals surface area contributed by atoms with Crippen LogP contribution in [-0.2, 0) is 4.79 Å². The van der Waals surface area contributed by atoms with Crippen molar-refractivity contribution in [2.24, 2.45) is 5.73 Å². The van der Waals surface area contributed by atoms with Crippen LogP contribution in [0.4, 0.5) is 4.39 Å². The van der Waals surface area contributed by atoms with Gasteiger partial charge in [-0.05, 0) is 37.5 Å². The van der Waals surface area contributed by atoms with Crippen molar-refractivity contribution < 1.29 is 18.8 Å². The van der Waals surface area contributed by atoms with Gasteiger partial charge in [-0.25, -0.2) is 4.39 Å². The Kier molecular flexibility index (Phi) is 6.08. The van der Waals surface area contributed by atoms with Gasteiger partial charge in [0.2, 0.25) is 17.6 Å². The van der Waals surface area contributed by atoms with Gasteiger partial charge >= 0.3 is 0 Å². The molecule has 0 saturated carbocycles. The van der Waals surface area contributed by atoms with E-state index in [0.717, 1.165) is 5.56 Å². The number of halogens is 2. The summed E-state index contributed by atoms with van der Waals surface area (Å²) >= 11 is 6.24. The number of aryl methyl sites for hydroxylation is 1. The fourth-order valence-corrected chi connectivity index (χ4v) is 3.51. The Morgan fingerprint density at radius 1 is 1.56 bits per heavy atom. The number of carbonyl (C=O) groups excluding carboxylic acids is 1. The van der Waals surface area contributed by atoms with Crippen molar-refractivity contribution in [2.45, 2.75) is 37.9 Å². The fourth-order valence-electron chi connectivity index (χ4n) is 3.19. The van der Waals surface area contributed by atoms with Gasteiger partial charge in [-0.1, -0.05) is 22.8 Å². The minimum atomic E-state index is -1.03. The standard InChI is InChI=1S/C18H22ClFN4O3/c1-10-2-3-12(14(19)8-10)16-22-17(27-23-16)13(5-7-25)15(21)18(26)24-6-4-11(20)9-24/h2-3,8,11,13,15,25H,4-7,9,21H2,1H3/t11-,13-,15-/m0/s1. The lowest BCUT2D eigenvalue weighted by molar-refractivity contribution is -0.132. The summed E-state index contributed by atoms with van der Waals surface area (Å²) in [4.78, 5) is 18.3. The van der Waals surface area contributed by atoms with E-state index in [1.54, 1.807) is 12.1 Å². The van der Waals surface area contributed by atoms with Gasteiger partial charge in [-0.2, -0.15) is 4.98 Å². The third-order valence-electron chi connectivity index (χ3n) is 4.73. The van der Waals surface area contributed by atoms with Crippen molar-refractivity contribution in [3.05, 3.63) is 34.7 Å². The average molecular weight is 397 g/mol. The predicted molar refractivity (Wildman–Crippen MR) is 98.0 cm³/mol. The second kappa shape index (κ2) is 8.33. The SMILES string of the molecule is Cc1ccc(-c2noc([C@@H](CCO)[C@H](N)C(=O)N3CC[C@H](F)C3)n2)c(Cl)c1. The Morgan fingerprint density at radius 2 is 2.33 bits per heavy atom. The average Bonchev–Trinajstić information content (AvgIpc) is 3.28. The molecule has 3 rings (SSSR count). The van der Waals surface area contributed by atoms with Crippen LogP contribution in [-0.4, -0.2) is 58.0 Å². The van der Waals surface area contributed by atoms with E-state index in [0.29, 0.717) is 23.6 Å². The van der Waals surface area contributed by atoms with E-state index in [9.17, 15) is 14.3 Å². The molecule has 27 heavy (non-hydrogen) atoms. The number of rotatable bonds is 6. The summed E-state index contributed by atoms with van der Waals surface area (Å²) in [7, 11) is 0. The molecule has 0 bridgehead atoms. The summed E-state index contributed by atoms with van der Waals surface area (Å²) in [5, 5.41) is 13.8. The van der Waals surface area contributed by atoms with E-state index in [2.05, 4.69) is 10.1 Å². The van der Waals surface area contributed by atoms with E-state index >= 15 is 0 Å². The number of aliphatic hydroxyl groups is 1. The summed E-state index contributed by atoms with van der Waals surface area (Å²) in [6.07, 6.45) is -0.556. The monoisotopic (exact) mass is 396 g/mol. The Balaban J connectivity index is 1.83. The number of aliphatic hydroxyl groups excluding tert-OH is 1. The van der Waals surface area contributed by atoms with Crippen molar-refractivity contribution in [1.82, 2.24) is 15.0 Å². The first-order valence-electron chi connectivity index (χ1n) is 8.80. The number of nitrogens with two attached hydrogens (primary N) is 1. The second-order valence-electron chi connectivity index (χ2n) is 6.75. The summed E-state index contributed by atoms with van der Waals surface area (Å²) in [6.45, 7) is 2.07. The van der Waals surface area contributed by atoms with Gasteiger partial charge in [0.1, 0.15) is 6.17 Å². The van der Waals surface area contributed by atoms with E-state index in [4.69, 9.17) is 21.9 Å². The molecule has 0 unspecified atom stereocenters. The molecule has 1 amide bonds. The Morgan fingerprint density at radius 3 is 2.96 bits per heavy atom. The van der Waals surface area contributed by atoms with E-state index < -0.39 is 18.1 Å². The maximum Gasteiger partial charge on any atom is 0.240 e. The maximum atomic E-state index is 13.4. The van der Waals surface area contributed by atoms with Gasteiger partial charge in [0.15, 0.2) is 0 Å². The quantitative estimate of drug-likeness (QED) is 0.774. The molecular formula is C18H22ClFN4O3. The minimum absolute atomic E-state index is 0.0342. The normalized spacial score (nSPS) is 19.3. The molecule has 1 aromatic carbocycles. The third kappa shape index (κ3) is 4.28. The third-order valence-corrected chi connectivity index (χ3v) is 5.04. The van der Waals surface area contributed by atoms with Crippen molar-refractivity contribution in [1.29, 1.82) is 0 Å². The summed E-state index contributed by atoms with van der Waals surface area (Å²) in [5.41, 5.74) is 7.72. The van der Waals surface area contributed by atoms with Gasteiger partial charge in [0.25, 0.3) is 0 Å². The van der Waals surface area contributed by atoms with Crippen LogP contribution in [0.15, 0.2) is 22.7 Å². The molecule has 2 aromatic rings. The highest BCUT2D eigenvalue weighted by Gasteiger charge is 2.36. The molecule has 1 fully saturated rings. The Bertz CT molecular complexity index is 816. The van der Waals surface area contributed by atoms with Gasteiger partial charge in [0, 0.05) is 18.7 Å². The number of hydrogen-bond acceptors (Lipinski definition) is 6.